The first-order valence-corrected chi connectivity index (χ1v) is 6.20. The topological polar surface area (TPSA) is 67.0 Å². The average molecular weight is 249 g/mol. The summed E-state index contributed by atoms with van der Waals surface area (Å²) in [6.07, 6.45) is 1.70. The maximum atomic E-state index is 12.0. The lowest BCUT2D eigenvalue weighted by Gasteiger charge is -2.18. The van der Waals surface area contributed by atoms with Crippen molar-refractivity contribution in [1.29, 1.82) is 0 Å². The molecule has 5 heteroatoms. The van der Waals surface area contributed by atoms with Crippen molar-refractivity contribution < 1.29 is 9.53 Å². The lowest BCUT2D eigenvalue weighted by atomic mass is 10.1. The number of hydrogen-bond acceptors (Lipinski definition) is 3. The number of carbonyl (C=O) groups excluding carboxylic acids is 1. The Kier molecular flexibility index (Phi) is 3.69. The molecule has 2 rings (SSSR count). The molecule has 2 N–H and O–H groups in total. The smallest absolute Gasteiger partial charge is 0.250 e. The Morgan fingerprint density at radius 3 is 2.83 bits per heavy atom. The van der Waals surface area contributed by atoms with Gasteiger partial charge in [-0.2, -0.15) is 5.10 Å². The Morgan fingerprint density at radius 1 is 1.44 bits per heavy atom. The maximum absolute atomic E-state index is 12.0. The van der Waals surface area contributed by atoms with E-state index in [1.807, 2.05) is 20.8 Å². The van der Waals surface area contributed by atoms with Crippen LogP contribution in [0.15, 0.2) is 11.3 Å². The fraction of sp³-hybridized carbons (Fsp3) is 0.538. The molecule has 0 unspecified atom stereocenters. The predicted octanol–water partition coefficient (Wildman–Crippen LogP) is 1.73. The molecule has 0 spiro atoms. The van der Waals surface area contributed by atoms with Crippen molar-refractivity contribution in [3.05, 3.63) is 28.3 Å². The second kappa shape index (κ2) is 5.25. The summed E-state index contributed by atoms with van der Waals surface area (Å²) in [4.78, 5) is 12.0. The van der Waals surface area contributed by atoms with Gasteiger partial charge in [-0.15, -0.1) is 0 Å². The Hall–Kier alpha value is -1.78. The van der Waals surface area contributed by atoms with Crippen LogP contribution in [0.2, 0.25) is 0 Å². The van der Waals surface area contributed by atoms with Crippen molar-refractivity contribution in [2.45, 2.75) is 40.2 Å². The molecule has 0 aromatic carbocycles. The van der Waals surface area contributed by atoms with E-state index >= 15 is 0 Å². The molecule has 1 aromatic heterocycles. The summed E-state index contributed by atoms with van der Waals surface area (Å²) in [7, 11) is 0. The lowest BCUT2D eigenvalue weighted by molar-refractivity contribution is -0.118. The van der Waals surface area contributed by atoms with Crippen LogP contribution in [0.25, 0.3) is 0 Å². The highest BCUT2D eigenvalue weighted by atomic mass is 16.5. The highest BCUT2D eigenvalue weighted by Crippen LogP contribution is 2.19. The van der Waals surface area contributed by atoms with Crippen LogP contribution in [0.3, 0.4) is 0 Å². The molecule has 0 aliphatic carbocycles. The van der Waals surface area contributed by atoms with Gasteiger partial charge in [0.15, 0.2) is 0 Å². The number of rotatable bonds is 3. The van der Waals surface area contributed by atoms with Gasteiger partial charge in [-0.25, -0.2) is 0 Å². The SMILES string of the molecule is CC1=C(C(=O)NCc2c(C)n[nH]c2C)CCCO1. The number of H-pyrrole nitrogens is 1. The number of aromatic nitrogens is 2. The van der Waals surface area contributed by atoms with Gasteiger partial charge in [-0.1, -0.05) is 0 Å². The molecular weight excluding hydrogens is 230 g/mol. The zero-order valence-corrected chi connectivity index (χ0v) is 11.1. The van der Waals surface area contributed by atoms with Gasteiger partial charge in [0.1, 0.15) is 5.76 Å². The summed E-state index contributed by atoms with van der Waals surface area (Å²) in [5.41, 5.74) is 3.75. The highest BCUT2D eigenvalue weighted by Gasteiger charge is 2.18. The van der Waals surface area contributed by atoms with E-state index in [2.05, 4.69) is 15.5 Å². The number of nitrogens with zero attached hydrogens (tertiary/aromatic N) is 1. The number of amides is 1. The average Bonchev–Trinajstić information content (AvgIpc) is 2.67. The molecule has 2 heterocycles. The Morgan fingerprint density at radius 2 is 2.22 bits per heavy atom. The normalized spacial score (nSPS) is 15.5. The van der Waals surface area contributed by atoms with Crippen LogP contribution in [0, 0.1) is 13.8 Å². The zero-order chi connectivity index (χ0) is 13.1. The van der Waals surface area contributed by atoms with Crippen molar-refractivity contribution >= 4 is 5.91 Å². The highest BCUT2D eigenvalue weighted by molar-refractivity contribution is 5.93. The molecule has 0 saturated heterocycles. The van der Waals surface area contributed by atoms with Crippen molar-refractivity contribution in [2.24, 2.45) is 0 Å². The summed E-state index contributed by atoms with van der Waals surface area (Å²) in [6, 6.07) is 0. The summed E-state index contributed by atoms with van der Waals surface area (Å²) in [6.45, 7) is 6.95. The number of aromatic amines is 1. The summed E-state index contributed by atoms with van der Waals surface area (Å²) < 4.78 is 5.40. The van der Waals surface area contributed by atoms with Gasteiger partial charge in [0.2, 0.25) is 0 Å². The molecule has 1 aromatic rings. The second-order valence-electron chi connectivity index (χ2n) is 4.58. The third-order valence-corrected chi connectivity index (χ3v) is 3.30. The van der Waals surface area contributed by atoms with Crippen LogP contribution >= 0.6 is 0 Å². The van der Waals surface area contributed by atoms with Gasteiger partial charge in [0.25, 0.3) is 5.91 Å². The van der Waals surface area contributed by atoms with Gasteiger partial charge in [0, 0.05) is 17.8 Å². The fourth-order valence-corrected chi connectivity index (χ4v) is 2.12. The van der Waals surface area contributed by atoms with E-state index in [1.165, 1.54) is 0 Å². The summed E-state index contributed by atoms with van der Waals surface area (Å²) in [5.74, 6) is 0.714. The number of hydrogen-bond donors (Lipinski definition) is 2. The number of nitrogens with one attached hydrogen (secondary N) is 2. The van der Waals surface area contributed by atoms with E-state index in [0.717, 1.165) is 41.1 Å². The Labute approximate surface area is 107 Å². The standard InChI is InChI=1S/C13H19N3O2/c1-8-12(9(2)16-15-8)7-14-13(17)11-5-4-6-18-10(11)3/h4-7H2,1-3H3,(H,14,17)(H,15,16). The van der Waals surface area contributed by atoms with Gasteiger partial charge in [-0.05, 0) is 33.6 Å². The third kappa shape index (κ3) is 2.55. The van der Waals surface area contributed by atoms with Crippen LogP contribution in [0.5, 0.6) is 0 Å². The van der Waals surface area contributed by atoms with E-state index in [4.69, 9.17) is 4.74 Å². The van der Waals surface area contributed by atoms with Crippen LogP contribution in [0.1, 0.15) is 36.7 Å². The molecule has 18 heavy (non-hydrogen) atoms. The molecular formula is C13H19N3O2. The van der Waals surface area contributed by atoms with E-state index < -0.39 is 0 Å². The molecule has 0 saturated carbocycles. The molecule has 98 valence electrons. The molecule has 0 radical (unpaired) electrons. The largest absolute Gasteiger partial charge is 0.498 e. The van der Waals surface area contributed by atoms with Crippen molar-refractivity contribution in [2.75, 3.05) is 6.61 Å². The summed E-state index contributed by atoms with van der Waals surface area (Å²) >= 11 is 0. The molecule has 1 aliphatic heterocycles. The van der Waals surface area contributed by atoms with Crippen LogP contribution in [-0.2, 0) is 16.1 Å². The summed E-state index contributed by atoms with van der Waals surface area (Å²) in [5, 5.41) is 9.95. The van der Waals surface area contributed by atoms with E-state index in [-0.39, 0.29) is 5.91 Å². The first-order chi connectivity index (χ1) is 8.59. The van der Waals surface area contributed by atoms with Crippen molar-refractivity contribution in [3.8, 4) is 0 Å². The molecule has 5 nitrogen and oxygen atoms in total. The number of carbonyl (C=O) groups is 1. The van der Waals surface area contributed by atoms with Gasteiger partial charge in [0.05, 0.1) is 17.9 Å². The van der Waals surface area contributed by atoms with E-state index in [1.54, 1.807) is 0 Å². The van der Waals surface area contributed by atoms with E-state index in [9.17, 15) is 4.79 Å². The quantitative estimate of drug-likeness (QED) is 0.857. The van der Waals surface area contributed by atoms with Crippen LogP contribution < -0.4 is 5.32 Å². The second-order valence-corrected chi connectivity index (χ2v) is 4.58. The first kappa shape index (κ1) is 12.7. The number of aryl methyl sites for hydroxylation is 2. The Bertz CT molecular complexity index is 469. The number of ether oxygens (including phenoxy) is 1. The molecule has 0 atom stereocenters. The van der Waals surface area contributed by atoms with E-state index in [0.29, 0.717) is 13.2 Å². The molecule has 1 amide bonds. The molecule has 0 fully saturated rings. The fourth-order valence-electron chi connectivity index (χ4n) is 2.12. The van der Waals surface area contributed by atoms with Crippen molar-refractivity contribution in [1.82, 2.24) is 15.5 Å². The van der Waals surface area contributed by atoms with Crippen molar-refractivity contribution in [3.63, 3.8) is 0 Å². The molecule has 1 aliphatic rings. The predicted molar refractivity (Wildman–Crippen MR) is 67.8 cm³/mol. The minimum atomic E-state index is -0.0350. The zero-order valence-electron chi connectivity index (χ0n) is 11.1. The maximum Gasteiger partial charge on any atom is 0.250 e. The monoisotopic (exact) mass is 249 g/mol. The Balaban J connectivity index is 2.01. The van der Waals surface area contributed by atoms with Gasteiger partial charge in [-0.3, -0.25) is 9.89 Å². The minimum Gasteiger partial charge on any atom is -0.498 e. The van der Waals surface area contributed by atoms with Gasteiger partial charge >= 0.3 is 0 Å². The van der Waals surface area contributed by atoms with Crippen LogP contribution in [0.4, 0.5) is 0 Å². The lowest BCUT2D eigenvalue weighted by Crippen LogP contribution is -2.27. The number of allylic oxidation sites excluding steroid dienone is 1. The minimum absolute atomic E-state index is 0.0350. The van der Waals surface area contributed by atoms with Gasteiger partial charge < -0.3 is 10.1 Å². The third-order valence-electron chi connectivity index (χ3n) is 3.30. The first-order valence-electron chi connectivity index (χ1n) is 6.20. The van der Waals surface area contributed by atoms with Crippen LogP contribution in [-0.4, -0.2) is 22.7 Å². The molecule has 0 bridgehead atoms.